The quantitative estimate of drug-likeness (QED) is 0.738. The maximum absolute atomic E-state index is 12.2. The Labute approximate surface area is 101 Å². The predicted molar refractivity (Wildman–Crippen MR) is 66.0 cm³/mol. The van der Waals surface area contributed by atoms with Gasteiger partial charge in [-0.1, -0.05) is 23.7 Å². The molecule has 1 aliphatic rings. The molecule has 0 radical (unpaired) electrons. The topological polar surface area (TPSA) is 20.3 Å². The van der Waals surface area contributed by atoms with Crippen molar-refractivity contribution in [2.45, 2.75) is 12.8 Å². The molecule has 3 heteroatoms. The Balaban J connectivity index is 2.12. The molecular formula is C13H16ClNO. The molecule has 0 spiro atoms. The Morgan fingerprint density at radius 3 is 3.00 bits per heavy atom. The van der Waals surface area contributed by atoms with Crippen LogP contribution in [0.1, 0.15) is 23.2 Å². The lowest BCUT2D eigenvalue weighted by molar-refractivity contribution is 0.0843. The van der Waals surface area contributed by atoms with E-state index in [1.165, 1.54) is 0 Å². The van der Waals surface area contributed by atoms with E-state index in [0.29, 0.717) is 5.02 Å². The zero-order valence-corrected chi connectivity index (χ0v) is 10.2. The molecule has 1 aromatic rings. The number of Topliss-reactive ketones (excluding diaryl/α,β-unsaturated/α-hetero) is 1. The molecule has 1 saturated heterocycles. The maximum Gasteiger partial charge on any atom is 0.167 e. The van der Waals surface area contributed by atoms with Crippen LogP contribution in [0.3, 0.4) is 0 Å². The molecular weight excluding hydrogens is 222 g/mol. The first-order chi connectivity index (χ1) is 7.66. The van der Waals surface area contributed by atoms with Gasteiger partial charge in [-0.2, -0.15) is 0 Å². The zero-order valence-electron chi connectivity index (χ0n) is 9.45. The highest BCUT2D eigenvalue weighted by Gasteiger charge is 2.24. The molecule has 86 valence electrons. The minimum Gasteiger partial charge on any atom is -0.306 e. The van der Waals surface area contributed by atoms with Gasteiger partial charge in [0, 0.05) is 23.0 Å². The van der Waals surface area contributed by atoms with E-state index in [4.69, 9.17) is 11.6 Å². The first-order valence-corrected chi connectivity index (χ1v) is 6.03. The molecule has 0 unspecified atom stereocenters. The highest BCUT2D eigenvalue weighted by atomic mass is 35.5. The average Bonchev–Trinajstić information content (AvgIpc) is 2.28. The molecule has 0 amide bonds. The fourth-order valence-corrected chi connectivity index (χ4v) is 2.45. The first-order valence-electron chi connectivity index (χ1n) is 5.65. The molecule has 0 aliphatic carbocycles. The molecule has 0 N–H and O–H groups in total. The molecule has 1 atom stereocenters. The third-order valence-electron chi connectivity index (χ3n) is 3.10. The van der Waals surface area contributed by atoms with E-state index < -0.39 is 0 Å². The summed E-state index contributed by atoms with van der Waals surface area (Å²) in [6.07, 6.45) is 2.10. The Morgan fingerprint density at radius 2 is 2.31 bits per heavy atom. The van der Waals surface area contributed by atoms with Gasteiger partial charge in [0.05, 0.1) is 0 Å². The summed E-state index contributed by atoms with van der Waals surface area (Å²) in [5.74, 6) is 0.367. The van der Waals surface area contributed by atoms with Crippen molar-refractivity contribution in [1.82, 2.24) is 4.90 Å². The number of hydrogen-bond donors (Lipinski definition) is 0. The molecule has 2 nitrogen and oxygen atoms in total. The smallest absolute Gasteiger partial charge is 0.167 e. The molecule has 0 bridgehead atoms. The predicted octanol–water partition coefficient (Wildman–Crippen LogP) is 2.86. The van der Waals surface area contributed by atoms with E-state index in [9.17, 15) is 4.79 Å². The highest BCUT2D eigenvalue weighted by molar-refractivity contribution is 6.31. The summed E-state index contributed by atoms with van der Waals surface area (Å²) in [6, 6.07) is 7.24. The van der Waals surface area contributed by atoms with Gasteiger partial charge in [0.2, 0.25) is 0 Å². The van der Waals surface area contributed by atoms with Crippen molar-refractivity contribution in [3.05, 3.63) is 34.9 Å². The van der Waals surface area contributed by atoms with Crippen LogP contribution < -0.4 is 0 Å². The Kier molecular flexibility index (Phi) is 3.62. The van der Waals surface area contributed by atoms with Gasteiger partial charge in [-0.3, -0.25) is 4.79 Å². The van der Waals surface area contributed by atoms with E-state index >= 15 is 0 Å². The number of benzene rings is 1. The molecule has 2 rings (SSSR count). The summed E-state index contributed by atoms with van der Waals surface area (Å²) in [5, 5.41) is 0.634. The van der Waals surface area contributed by atoms with Crippen molar-refractivity contribution < 1.29 is 4.79 Å². The number of piperidine rings is 1. The number of carbonyl (C=O) groups excluding carboxylic acids is 1. The van der Waals surface area contributed by atoms with Crippen LogP contribution in [0.25, 0.3) is 0 Å². The second kappa shape index (κ2) is 4.98. The van der Waals surface area contributed by atoms with Gasteiger partial charge in [-0.05, 0) is 38.6 Å². The van der Waals surface area contributed by atoms with Crippen molar-refractivity contribution in [1.29, 1.82) is 0 Å². The van der Waals surface area contributed by atoms with Gasteiger partial charge in [0.15, 0.2) is 5.78 Å². The largest absolute Gasteiger partial charge is 0.306 e. The van der Waals surface area contributed by atoms with Crippen molar-refractivity contribution in [3.63, 3.8) is 0 Å². The highest BCUT2D eigenvalue weighted by Crippen LogP contribution is 2.21. The number of nitrogens with zero attached hydrogens (tertiary/aromatic N) is 1. The lowest BCUT2D eigenvalue weighted by Gasteiger charge is -2.28. The summed E-state index contributed by atoms with van der Waals surface area (Å²) >= 11 is 5.89. The van der Waals surface area contributed by atoms with Crippen molar-refractivity contribution in [3.8, 4) is 0 Å². The van der Waals surface area contributed by atoms with E-state index in [-0.39, 0.29) is 11.7 Å². The van der Waals surface area contributed by atoms with E-state index in [0.717, 1.165) is 31.5 Å². The fraction of sp³-hybridized carbons (Fsp3) is 0.462. The summed E-state index contributed by atoms with van der Waals surface area (Å²) in [4.78, 5) is 14.4. The average molecular weight is 238 g/mol. The Morgan fingerprint density at radius 1 is 1.50 bits per heavy atom. The standard InChI is InChI=1S/C13H16ClNO/c1-15-7-3-5-11(9-15)13(16)10-4-2-6-12(14)8-10/h2,4,6,8,11H,3,5,7,9H2,1H3/t11-/m0/s1. The van der Waals surface area contributed by atoms with E-state index in [2.05, 4.69) is 11.9 Å². The van der Waals surface area contributed by atoms with Crippen LogP contribution >= 0.6 is 11.6 Å². The first kappa shape index (κ1) is 11.6. The van der Waals surface area contributed by atoms with Gasteiger partial charge in [-0.15, -0.1) is 0 Å². The minimum absolute atomic E-state index is 0.136. The summed E-state index contributed by atoms with van der Waals surface area (Å²) in [6.45, 7) is 1.96. The number of carbonyl (C=O) groups is 1. The molecule has 1 heterocycles. The Bertz CT molecular complexity index is 391. The van der Waals surface area contributed by atoms with Gasteiger partial charge in [0.1, 0.15) is 0 Å². The van der Waals surface area contributed by atoms with Crippen LogP contribution in [0.2, 0.25) is 5.02 Å². The zero-order chi connectivity index (χ0) is 11.5. The molecule has 0 saturated carbocycles. The monoisotopic (exact) mass is 237 g/mol. The number of likely N-dealkylation sites (tertiary alicyclic amines) is 1. The fourth-order valence-electron chi connectivity index (χ4n) is 2.26. The van der Waals surface area contributed by atoms with E-state index in [1.807, 2.05) is 12.1 Å². The summed E-state index contributed by atoms with van der Waals surface area (Å²) < 4.78 is 0. The normalized spacial score (nSPS) is 22.0. The number of halogens is 1. The van der Waals surface area contributed by atoms with Crippen molar-refractivity contribution in [2.75, 3.05) is 20.1 Å². The SMILES string of the molecule is CN1CCC[C@H](C(=O)c2cccc(Cl)c2)C1. The molecule has 0 aromatic heterocycles. The molecule has 16 heavy (non-hydrogen) atoms. The molecule has 1 aromatic carbocycles. The minimum atomic E-state index is 0.136. The lowest BCUT2D eigenvalue weighted by Crippen LogP contribution is -2.36. The summed E-state index contributed by atoms with van der Waals surface area (Å²) in [7, 11) is 2.07. The van der Waals surface area contributed by atoms with Gasteiger partial charge in [-0.25, -0.2) is 0 Å². The second-order valence-electron chi connectivity index (χ2n) is 4.48. The third-order valence-corrected chi connectivity index (χ3v) is 3.34. The van der Waals surface area contributed by atoms with Crippen molar-refractivity contribution in [2.24, 2.45) is 5.92 Å². The van der Waals surface area contributed by atoms with Crippen LogP contribution in [0.4, 0.5) is 0 Å². The number of rotatable bonds is 2. The van der Waals surface area contributed by atoms with Crippen molar-refractivity contribution >= 4 is 17.4 Å². The Hall–Kier alpha value is -0.860. The van der Waals surface area contributed by atoms with Gasteiger partial charge >= 0.3 is 0 Å². The van der Waals surface area contributed by atoms with Crippen LogP contribution in [-0.2, 0) is 0 Å². The van der Waals surface area contributed by atoms with Gasteiger partial charge in [0.25, 0.3) is 0 Å². The van der Waals surface area contributed by atoms with Crippen LogP contribution in [0.15, 0.2) is 24.3 Å². The number of hydrogen-bond acceptors (Lipinski definition) is 2. The second-order valence-corrected chi connectivity index (χ2v) is 4.91. The lowest BCUT2D eigenvalue weighted by atomic mass is 9.90. The number of ketones is 1. The summed E-state index contributed by atoms with van der Waals surface area (Å²) in [5.41, 5.74) is 0.743. The van der Waals surface area contributed by atoms with Crippen LogP contribution in [0.5, 0.6) is 0 Å². The molecule has 1 aliphatic heterocycles. The van der Waals surface area contributed by atoms with Gasteiger partial charge < -0.3 is 4.90 Å². The third kappa shape index (κ3) is 2.63. The van der Waals surface area contributed by atoms with Crippen LogP contribution in [0, 0.1) is 5.92 Å². The van der Waals surface area contributed by atoms with Crippen LogP contribution in [-0.4, -0.2) is 30.8 Å². The maximum atomic E-state index is 12.2. The van der Waals surface area contributed by atoms with E-state index in [1.54, 1.807) is 12.1 Å². The molecule has 1 fully saturated rings.